The Bertz CT molecular complexity index is 1660. The first-order valence-corrected chi connectivity index (χ1v) is 13.4. The topological polar surface area (TPSA) is 137 Å². The quantitative estimate of drug-likeness (QED) is 0.276. The summed E-state index contributed by atoms with van der Waals surface area (Å²) in [6.45, 7) is 5.14. The van der Waals surface area contributed by atoms with Gasteiger partial charge in [-0.05, 0) is 62.7 Å². The minimum Gasteiger partial charge on any atom is -0.496 e. The maximum absolute atomic E-state index is 13.2. The van der Waals surface area contributed by atoms with Gasteiger partial charge in [0.05, 0.1) is 12.7 Å². The molecule has 1 aliphatic rings. The largest absolute Gasteiger partial charge is 0.496 e. The number of amides is 1. The molecule has 0 bridgehead atoms. The molecular formula is C32H33NO9. The van der Waals surface area contributed by atoms with Crippen LogP contribution in [0.2, 0.25) is 0 Å². The fraction of sp³-hybridized carbons (Fsp3) is 0.312. The van der Waals surface area contributed by atoms with Crippen LogP contribution in [0.4, 0.5) is 5.69 Å². The van der Waals surface area contributed by atoms with Gasteiger partial charge in [-0.25, -0.2) is 4.79 Å². The fourth-order valence-electron chi connectivity index (χ4n) is 5.24. The number of ether oxygens (including phenoxy) is 4. The summed E-state index contributed by atoms with van der Waals surface area (Å²) in [6, 6.07) is 19.4. The van der Waals surface area contributed by atoms with Crippen molar-refractivity contribution in [1.82, 2.24) is 0 Å². The Labute approximate surface area is 242 Å². The number of fused-ring (bicyclic) bond motifs is 1. The third-order valence-electron chi connectivity index (χ3n) is 7.44. The molecule has 0 spiro atoms. The highest BCUT2D eigenvalue weighted by atomic mass is 16.7. The highest BCUT2D eigenvalue weighted by Gasteiger charge is 2.50. The lowest BCUT2D eigenvalue weighted by atomic mass is 9.89. The number of nitrogens with one attached hydrogen (secondary N) is 1. The second-order valence-corrected chi connectivity index (χ2v) is 10.6. The van der Waals surface area contributed by atoms with E-state index in [1.54, 1.807) is 58.2 Å². The molecule has 220 valence electrons. The van der Waals surface area contributed by atoms with E-state index in [1.165, 1.54) is 13.2 Å². The van der Waals surface area contributed by atoms with Crippen molar-refractivity contribution in [1.29, 1.82) is 0 Å². The molecule has 10 heteroatoms. The van der Waals surface area contributed by atoms with Crippen molar-refractivity contribution in [3.05, 3.63) is 88.3 Å². The van der Waals surface area contributed by atoms with Crippen LogP contribution in [0.25, 0.3) is 22.1 Å². The van der Waals surface area contributed by atoms with Gasteiger partial charge in [0.15, 0.2) is 0 Å². The summed E-state index contributed by atoms with van der Waals surface area (Å²) >= 11 is 0. The third kappa shape index (κ3) is 5.49. The van der Waals surface area contributed by atoms with Gasteiger partial charge in [0, 0.05) is 29.2 Å². The normalized spacial score (nSPS) is 21.6. The number of rotatable bonds is 7. The maximum Gasteiger partial charge on any atom is 0.360 e. The number of hydrogen-bond donors (Lipinski definition) is 3. The van der Waals surface area contributed by atoms with E-state index >= 15 is 0 Å². The lowest BCUT2D eigenvalue weighted by molar-refractivity contribution is -0.306. The summed E-state index contributed by atoms with van der Waals surface area (Å²) in [5.41, 5.74) is 0.939. The number of aliphatic hydroxyl groups excluding tert-OH is 2. The molecule has 42 heavy (non-hydrogen) atoms. The zero-order valence-electron chi connectivity index (χ0n) is 23.9. The molecule has 1 aromatic heterocycles. The monoisotopic (exact) mass is 575 g/mol. The zero-order chi connectivity index (χ0) is 30.2. The molecule has 0 radical (unpaired) electrons. The van der Waals surface area contributed by atoms with E-state index in [4.69, 9.17) is 23.4 Å². The Balaban J connectivity index is 1.40. The maximum atomic E-state index is 13.2. The van der Waals surface area contributed by atoms with Crippen LogP contribution in [-0.4, -0.2) is 60.5 Å². The number of carbonyl (C=O) groups excluding carboxylic acids is 1. The molecule has 1 saturated heterocycles. The van der Waals surface area contributed by atoms with Gasteiger partial charge < -0.3 is 38.9 Å². The summed E-state index contributed by atoms with van der Waals surface area (Å²) in [7, 11) is 2.99. The smallest absolute Gasteiger partial charge is 0.360 e. The third-order valence-corrected chi connectivity index (χ3v) is 7.44. The van der Waals surface area contributed by atoms with Crippen LogP contribution < -0.4 is 20.4 Å². The van der Waals surface area contributed by atoms with Crippen LogP contribution in [0.3, 0.4) is 0 Å². The van der Waals surface area contributed by atoms with Gasteiger partial charge >= 0.3 is 5.63 Å². The molecular weight excluding hydrogens is 542 g/mol. The van der Waals surface area contributed by atoms with Gasteiger partial charge in [0.2, 0.25) is 6.29 Å². The van der Waals surface area contributed by atoms with Crippen LogP contribution in [0.1, 0.15) is 29.8 Å². The Morgan fingerprint density at radius 3 is 2.36 bits per heavy atom. The van der Waals surface area contributed by atoms with E-state index in [2.05, 4.69) is 5.32 Å². The minimum atomic E-state index is -1.39. The number of carbonyl (C=O) groups is 1. The molecule has 10 nitrogen and oxygen atoms in total. The molecule has 1 amide bonds. The van der Waals surface area contributed by atoms with Crippen molar-refractivity contribution in [3.8, 4) is 22.6 Å². The number of methoxy groups -OCH3 is 2. The second kappa shape index (κ2) is 11.6. The van der Waals surface area contributed by atoms with Crippen molar-refractivity contribution >= 4 is 22.6 Å². The number of benzene rings is 3. The molecule has 3 N–H and O–H groups in total. The molecule has 4 unspecified atom stereocenters. The van der Waals surface area contributed by atoms with E-state index < -0.39 is 41.7 Å². The van der Waals surface area contributed by atoms with Crippen LogP contribution in [0.5, 0.6) is 11.5 Å². The van der Waals surface area contributed by atoms with E-state index in [1.807, 2.05) is 30.3 Å². The molecule has 5 rings (SSSR count). The highest BCUT2D eigenvalue weighted by molar-refractivity contribution is 6.05. The average molecular weight is 576 g/mol. The van der Waals surface area contributed by atoms with Crippen LogP contribution >= 0.6 is 0 Å². The van der Waals surface area contributed by atoms with Crippen molar-refractivity contribution < 1.29 is 38.4 Å². The summed E-state index contributed by atoms with van der Waals surface area (Å²) in [5.74, 6) is 0.411. The molecule has 4 aromatic rings. The van der Waals surface area contributed by atoms with Crippen LogP contribution in [-0.2, 0) is 9.47 Å². The van der Waals surface area contributed by atoms with Crippen LogP contribution in [0, 0.1) is 6.92 Å². The van der Waals surface area contributed by atoms with Gasteiger partial charge in [-0.2, -0.15) is 0 Å². The Morgan fingerprint density at radius 2 is 1.67 bits per heavy atom. The van der Waals surface area contributed by atoms with Crippen molar-refractivity contribution in [2.24, 2.45) is 0 Å². The number of hydrogen-bond acceptors (Lipinski definition) is 9. The van der Waals surface area contributed by atoms with Crippen LogP contribution in [0.15, 0.2) is 75.9 Å². The molecule has 1 aliphatic heterocycles. The standard InChI is InChI=1S/C32H33NO9/c1-17-23(40-31-26(35)25(34)28(39-5)32(2,3)42-31)13-11-19-16-22(30(37)41-27(17)19)33-29(36)20-12-14-24(38-4)21(15-20)18-9-7-6-8-10-18/h6-16,25-26,28,31,34-35H,1-5H3,(H,33,36). The summed E-state index contributed by atoms with van der Waals surface area (Å²) < 4.78 is 28.2. The van der Waals surface area contributed by atoms with Gasteiger partial charge in [-0.15, -0.1) is 0 Å². The molecule has 1 fully saturated rings. The summed E-state index contributed by atoms with van der Waals surface area (Å²) in [5, 5.41) is 24.3. The second-order valence-electron chi connectivity index (χ2n) is 10.6. The SMILES string of the molecule is COc1ccc(C(=O)Nc2cc3ccc(OC4OC(C)(C)C(OC)C(O)C4O)c(C)c3oc2=O)cc1-c1ccccc1. The van der Waals surface area contributed by atoms with Gasteiger partial charge in [-0.1, -0.05) is 30.3 Å². The predicted molar refractivity (Wildman–Crippen MR) is 156 cm³/mol. The minimum absolute atomic E-state index is 0.0286. The lowest BCUT2D eigenvalue weighted by Crippen LogP contribution is -2.63. The van der Waals surface area contributed by atoms with Gasteiger partial charge in [0.1, 0.15) is 41.1 Å². The van der Waals surface area contributed by atoms with E-state index in [-0.39, 0.29) is 17.0 Å². The van der Waals surface area contributed by atoms with Gasteiger partial charge in [-0.3, -0.25) is 4.79 Å². The predicted octanol–water partition coefficient (Wildman–Crippen LogP) is 4.28. The van der Waals surface area contributed by atoms with Gasteiger partial charge in [0.25, 0.3) is 5.91 Å². The average Bonchev–Trinajstić information content (AvgIpc) is 2.98. The van der Waals surface area contributed by atoms with Crippen molar-refractivity contribution in [2.75, 3.05) is 19.5 Å². The molecule has 3 aromatic carbocycles. The Kier molecular flexibility index (Phi) is 8.07. The Morgan fingerprint density at radius 1 is 0.952 bits per heavy atom. The molecule has 0 saturated carbocycles. The fourth-order valence-corrected chi connectivity index (χ4v) is 5.24. The molecule has 0 aliphatic carbocycles. The van der Waals surface area contributed by atoms with Crippen molar-refractivity contribution in [3.63, 3.8) is 0 Å². The summed E-state index contributed by atoms with van der Waals surface area (Å²) in [6.07, 6.45) is -4.60. The lowest BCUT2D eigenvalue weighted by Gasteiger charge is -2.46. The number of aryl methyl sites for hydroxylation is 1. The first-order valence-electron chi connectivity index (χ1n) is 13.4. The van der Waals surface area contributed by atoms with E-state index in [0.717, 1.165) is 11.1 Å². The number of aliphatic hydroxyl groups is 2. The first-order chi connectivity index (χ1) is 20.0. The molecule has 4 atom stereocenters. The van der Waals surface area contributed by atoms with E-state index in [0.29, 0.717) is 22.3 Å². The van der Waals surface area contributed by atoms with Crippen molar-refractivity contribution in [2.45, 2.75) is 51.0 Å². The highest BCUT2D eigenvalue weighted by Crippen LogP contribution is 2.35. The molecule has 2 heterocycles. The first kappa shape index (κ1) is 29.3. The Hall–Kier alpha value is -4.22. The van der Waals surface area contributed by atoms with E-state index in [9.17, 15) is 19.8 Å². The summed E-state index contributed by atoms with van der Waals surface area (Å²) in [4.78, 5) is 26.1. The zero-order valence-corrected chi connectivity index (χ0v) is 23.9. The number of anilines is 1.